The number of hydrogen-bond acceptors (Lipinski definition) is 13. The molecular formula is C43H66FN6O9P. The molecule has 0 aliphatic carbocycles. The second-order valence-electron chi connectivity index (χ2n) is 16.2. The first-order valence-electron chi connectivity index (χ1n) is 21.4. The first-order valence-corrected chi connectivity index (χ1v) is 22.9. The van der Waals surface area contributed by atoms with Crippen LogP contribution in [0.1, 0.15) is 133 Å². The van der Waals surface area contributed by atoms with Crippen molar-refractivity contribution in [1.29, 1.82) is 5.26 Å². The van der Waals surface area contributed by atoms with Crippen molar-refractivity contribution >= 4 is 25.4 Å². The number of phosphoric acid groups is 1. The molecule has 5 atom stereocenters. The number of phosphoric ester groups is 1. The summed E-state index contributed by atoms with van der Waals surface area (Å²) in [6.07, 6.45) is 20.7. The topological polar surface area (TPSA) is 216 Å². The maximum Gasteiger partial charge on any atom is 0.472 e. The van der Waals surface area contributed by atoms with Crippen LogP contribution < -0.4 is 5.73 Å². The predicted octanol–water partition coefficient (Wildman–Crippen LogP) is 7.73. The van der Waals surface area contributed by atoms with Gasteiger partial charge in [-0.25, -0.2) is 18.5 Å². The lowest BCUT2D eigenvalue weighted by molar-refractivity contribution is -0.120. The Morgan fingerprint density at radius 1 is 1.03 bits per heavy atom. The number of benzene rings is 1. The van der Waals surface area contributed by atoms with Crippen LogP contribution in [-0.2, 0) is 40.0 Å². The lowest BCUT2D eigenvalue weighted by Gasteiger charge is -2.33. The van der Waals surface area contributed by atoms with E-state index in [0.29, 0.717) is 17.7 Å². The third kappa shape index (κ3) is 14.6. The summed E-state index contributed by atoms with van der Waals surface area (Å²) in [5.41, 5.74) is 1.73. The van der Waals surface area contributed by atoms with E-state index in [1.807, 2.05) is 6.07 Å². The van der Waals surface area contributed by atoms with Gasteiger partial charge in [-0.1, -0.05) is 103 Å². The molecule has 17 heteroatoms. The molecule has 60 heavy (non-hydrogen) atoms. The van der Waals surface area contributed by atoms with E-state index in [9.17, 15) is 29.3 Å². The molecule has 5 N–H and O–H groups in total. The minimum Gasteiger partial charge on any atom is -0.386 e. The highest BCUT2D eigenvalue weighted by atomic mass is 31.2. The molecule has 2 unspecified atom stereocenters. The average molecular weight is 861 g/mol. The summed E-state index contributed by atoms with van der Waals surface area (Å²) in [6.45, 7) is 2.44. The summed E-state index contributed by atoms with van der Waals surface area (Å²) in [7, 11) is -3.48. The highest BCUT2D eigenvalue weighted by molar-refractivity contribution is 7.47. The Morgan fingerprint density at radius 3 is 2.28 bits per heavy atom. The number of aliphatic hydroxyl groups excluding tert-OH is 1. The molecule has 1 fully saturated rings. The van der Waals surface area contributed by atoms with Gasteiger partial charge in [0.2, 0.25) is 0 Å². The van der Waals surface area contributed by atoms with Crippen LogP contribution in [0.15, 0.2) is 41.7 Å². The number of nitriles is 1. The maximum atomic E-state index is 14.2. The quantitative estimate of drug-likeness (QED) is 0.0287. The molecule has 2 aromatic heterocycles. The van der Waals surface area contributed by atoms with Crippen molar-refractivity contribution in [1.82, 2.24) is 14.6 Å². The number of fused-ring (bicyclic) bond motifs is 1. The van der Waals surface area contributed by atoms with Crippen molar-refractivity contribution in [3.05, 3.63) is 59.3 Å². The number of hydrogen-bond donors (Lipinski definition) is 4. The molecule has 1 saturated heterocycles. The van der Waals surface area contributed by atoms with Crippen LogP contribution >= 0.6 is 7.82 Å². The van der Waals surface area contributed by atoms with Crippen LogP contribution in [0.5, 0.6) is 0 Å². The summed E-state index contributed by atoms with van der Waals surface area (Å²) in [6, 6.07) is 8.85. The van der Waals surface area contributed by atoms with Crippen LogP contribution in [0.2, 0.25) is 0 Å². The van der Waals surface area contributed by atoms with Crippen molar-refractivity contribution < 1.29 is 47.3 Å². The fraction of sp³-hybridized carbons (Fsp3) is 0.674. The minimum absolute atomic E-state index is 0.0349. The number of nitrogen functional groups attached to an aromatic ring is 1. The number of aliphatic hydroxyl groups is 2. The third-order valence-electron chi connectivity index (χ3n) is 11.0. The van der Waals surface area contributed by atoms with Gasteiger partial charge in [0.1, 0.15) is 29.4 Å². The smallest absolute Gasteiger partial charge is 0.386 e. The van der Waals surface area contributed by atoms with E-state index in [4.69, 9.17) is 29.0 Å². The molecule has 1 aliphatic heterocycles. The molecule has 3 heterocycles. The minimum atomic E-state index is -4.89. The molecular weight excluding hydrogens is 794 g/mol. The lowest BCUT2D eigenvalue weighted by Crippen LogP contribution is -2.52. The second-order valence-corrected chi connectivity index (χ2v) is 17.6. The summed E-state index contributed by atoms with van der Waals surface area (Å²) >= 11 is 0. The van der Waals surface area contributed by atoms with E-state index in [2.05, 4.69) is 22.0 Å². The summed E-state index contributed by atoms with van der Waals surface area (Å²) in [5.74, 6) is -0.449. The lowest BCUT2D eigenvalue weighted by atomic mass is 9.86. The fourth-order valence-corrected chi connectivity index (χ4v) is 8.32. The Bertz CT molecular complexity index is 1880. The second kappa shape index (κ2) is 24.3. The highest BCUT2D eigenvalue weighted by Gasteiger charge is 2.60. The molecule has 1 aromatic carbocycles. The van der Waals surface area contributed by atoms with E-state index < -0.39 is 56.4 Å². The van der Waals surface area contributed by atoms with E-state index in [1.165, 1.54) is 126 Å². The maximum absolute atomic E-state index is 14.2. The Hall–Kier alpha value is -3.36. The summed E-state index contributed by atoms with van der Waals surface area (Å²) in [4.78, 5) is 18.8. The molecule has 0 bridgehead atoms. The zero-order valence-electron chi connectivity index (χ0n) is 35.6. The van der Waals surface area contributed by atoms with Gasteiger partial charge in [0.05, 0.1) is 50.4 Å². The number of aliphatic imine (C=N–C) groups is 1. The highest BCUT2D eigenvalue weighted by Crippen LogP contribution is 2.48. The normalized spacial score (nSPS) is 21.4. The van der Waals surface area contributed by atoms with Gasteiger partial charge in [-0.3, -0.25) is 14.0 Å². The zero-order chi connectivity index (χ0) is 43.5. The van der Waals surface area contributed by atoms with Gasteiger partial charge < -0.3 is 35.1 Å². The van der Waals surface area contributed by atoms with Gasteiger partial charge in [-0.2, -0.15) is 10.4 Å². The van der Waals surface area contributed by atoms with E-state index in [1.54, 1.807) is 13.0 Å². The van der Waals surface area contributed by atoms with Gasteiger partial charge in [0.15, 0.2) is 17.0 Å². The van der Waals surface area contributed by atoms with Gasteiger partial charge in [-0.15, -0.1) is 0 Å². The van der Waals surface area contributed by atoms with Crippen molar-refractivity contribution in [3.8, 4) is 6.07 Å². The Morgan fingerprint density at radius 2 is 1.67 bits per heavy atom. The number of rotatable bonds is 30. The average Bonchev–Trinajstić information content (AvgIpc) is 3.78. The van der Waals surface area contributed by atoms with Crippen molar-refractivity contribution in [2.75, 3.05) is 45.8 Å². The Kier molecular flexibility index (Phi) is 20.0. The Labute approximate surface area is 354 Å². The largest absolute Gasteiger partial charge is 0.472 e. The molecule has 0 saturated carbocycles. The first-order chi connectivity index (χ1) is 28.8. The van der Waals surface area contributed by atoms with Crippen LogP contribution in [-0.4, -0.2) is 93.3 Å². The summed E-state index contributed by atoms with van der Waals surface area (Å²) in [5, 5.41) is 36.7. The standard InChI is InChI=1S/C43H66FN6O9P/c1-4-5-6-7-8-9-10-11-12-13-14-15-16-17-18-19-22-55-29-41(2,56-27-35-23-34(26-45)24-36(44)25-35)30-58-60(53,54)59-31-42(28-47-3)40(51)43(52,32-57-42)38-21-20-37-39(46)48-33-49-50(37)38/h20-21,23-25,28,33,40,51-52H,4-19,22,27,29-32H2,1-3H3,(H,53,54)(H2,46,48,49)/b47-28-/t40-,41?,42-,43-/m1/s1. The van der Waals surface area contributed by atoms with E-state index >= 15 is 0 Å². The monoisotopic (exact) mass is 860 g/mol. The molecule has 1 aliphatic rings. The van der Waals surface area contributed by atoms with Crippen LogP contribution in [0, 0.1) is 17.1 Å². The number of halogens is 1. The number of aromatic nitrogens is 3. The van der Waals surface area contributed by atoms with E-state index in [-0.39, 0.29) is 30.3 Å². The molecule has 0 spiro atoms. The number of nitrogens with two attached hydrogens (primary N) is 1. The van der Waals surface area contributed by atoms with Crippen molar-refractivity contribution in [2.45, 2.75) is 146 Å². The zero-order valence-corrected chi connectivity index (χ0v) is 36.5. The Balaban J connectivity index is 1.26. The molecule has 15 nitrogen and oxygen atoms in total. The van der Waals surface area contributed by atoms with Crippen molar-refractivity contribution in [2.24, 2.45) is 4.99 Å². The predicted molar refractivity (Wildman–Crippen MR) is 227 cm³/mol. The molecule has 334 valence electrons. The number of unbranched alkanes of at least 4 members (excludes halogenated alkanes) is 15. The molecule has 0 radical (unpaired) electrons. The SMILES string of the molecule is CCCCCCCCCCCCCCCCCCOCC(C)(COP(=O)(O)OC[C@@]1(/C=N\C)OC[C@@](O)(c2ccc3c(N)ncnn23)[C@@H]1O)OCc1cc(F)cc(C#N)c1. The number of anilines is 1. The van der Waals surface area contributed by atoms with Crippen molar-refractivity contribution in [3.63, 3.8) is 0 Å². The van der Waals surface area contributed by atoms with Gasteiger partial charge in [0, 0.05) is 19.9 Å². The third-order valence-corrected chi connectivity index (χ3v) is 11.9. The number of nitrogens with zero attached hydrogens (tertiary/aromatic N) is 5. The van der Waals surface area contributed by atoms with E-state index in [0.717, 1.165) is 25.3 Å². The summed E-state index contributed by atoms with van der Waals surface area (Å²) < 4.78 is 57.7. The van der Waals surface area contributed by atoms with Crippen LogP contribution in [0.3, 0.4) is 0 Å². The first kappa shape index (κ1) is 49.3. The van der Waals surface area contributed by atoms with Crippen LogP contribution in [0.25, 0.3) is 5.52 Å². The molecule has 4 rings (SSSR count). The van der Waals surface area contributed by atoms with Gasteiger partial charge >= 0.3 is 7.82 Å². The van der Waals surface area contributed by atoms with Crippen LogP contribution in [0.4, 0.5) is 10.2 Å². The number of ether oxygens (including phenoxy) is 3. The fourth-order valence-electron chi connectivity index (χ4n) is 7.44. The molecule has 3 aromatic rings. The van der Waals surface area contributed by atoms with Gasteiger partial charge in [-0.05, 0) is 49.2 Å². The van der Waals surface area contributed by atoms with Gasteiger partial charge in [0.25, 0.3) is 0 Å². The molecule has 0 amide bonds.